The molecule has 0 aliphatic rings. The molecule has 0 unspecified atom stereocenters. The van der Waals surface area contributed by atoms with E-state index < -0.39 is 0 Å². The summed E-state index contributed by atoms with van der Waals surface area (Å²) in [5.41, 5.74) is 10.9. The summed E-state index contributed by atoms with van der Waals surface area (Å²) >= 11 is 1.84. The van der Waals surface area contributed by atoms with Crippen LogP contribution < -0.4 is 0 Å². The minimum absolute atomic E-state index is 0.681. The molecule has 3 heterocycles. The molecule has 4 heteroatoms. The number of benzene rings is 7. The van der Waals surface area contributed by atoms with Crippen LogP contribution in [0.4, 0.5) is 0 Å². The van der Waals surface area contributed by atoms with Gasteiger partial charge >= 0.3 is 0 Å². The van der Waals surface area contributed by atoms with Crippen LogP contribution in [0.2, 0.25) is 0 Å². The van der Waals surface area contributed by atoms with E-state index >= 15 is 0 Å². The predicted molar refractivity (Wildman–Crippen MR) is 209 cm³/mol. The van der Waals surface area contributed by atoms with E-state index in [1.165, 1.54) is 25.7 Å². The molecule has 0 spiro atoms. The largest absolute Gasteiger partial charge is 0.455 e. The number of aromatic nitrogens is 2. The minimum atomic E-state index is 0.681. The van der Waals surface area contributed by atoms with Crippen LogP contribution in [0.5, 0.6) is 0 Å². The summed E-state index contributed by atoms with van der Waals surface area (Å²) in [5.74, 6) is 0.681. The number of fused-ring (bicyclic) bond motifs is 6. The fourth-order valence-electron chi connectivity index (χ4n) is 7.22. The minimum Gasteiger partial charge on any atom is -0.455 e. The van der Waals surface area contributed by atoms with Gasteiger partial charge in [-0.2, -0.15) is 0 Å². The highest BCUT2D eigenvalue weighted by Crippen LogP contribution is 2.46. The van der Waals surface area contributed by atoms with Gasteiger partial charge in [0.1, 0.15) is 11.2 Å². The standard InChI is InChI=1S/C46H28N2OS/c1-3-14-29(15-4-1)31-18-7-8-20-36(31)46-47-39(30-16-5-2-6-17-30)28-40(48-46)37-27-26-33(44-43(37)38-21-9-11-24-41(38)49-44)35-23-13-22-34-32-19-10-12-25-42(32)50-45(34)35/h1-28H. The maximum atomic E-state index is 6.79. The van der Waals surface area contributed by atoms with Crippen molar-refractivity contribution in [3.63, 3.8) is 0 Å². The van der Waals surface area contributed by atoms with Crippen LogP contribution in [0.15, 0.2) is 174 Å². The van der Waals surface area contributed by atoms with Crippen LogP contribution in [-0.2, 0) is 0 Å². The van der Waals surface area contributed by atoms with Gasteiger partial charge in [0, 0.05) is 58.8 Å². The number of para-hydroxylation sites is 1. The molecule has 10 rings (SSSR count). The highest BCUT2D eigenvalue weighted by Gasteiger charge is 2.22. The van der Waals surface area contributed by atoms with Gasteiger partial charge in [-0.25, -0.2) is 9.97 Å². The summed E-state index contributed by atoms with van der Waals surface area (Å²) in [6.07, 6.45) is 0. The third-order valence-corrected chi connectivity index (χ3v) is 10.8. The molecule has 10 aromatic rings. The number of furan rings is 1. The molecule has 0 saturated carbocycles. The van der Waals surface area contributed by atoms with E-state index in [0.717, 1.165) is 66.7 Å². The lowest BCUT2D eigenvalue weighted by Gasteiger charge is -2.14. The van der Waals surface area contributed by atoms with Gasteiger partial charge < -0.3 is 4.42 Å². The van der Waals surface area contributed by atoms with Crippen LogP contribution >= 0.6 is 11.3 Å². The van der Waals surface area contributed by atoms with Crippen molar-refractivity contribution in [1.82, 2.24) is 9.97 Å². The van der Waals surface area contributed by atoms with E-state index in [4.69, 9.17) is 14.4 Å². The second kappa shape index (κ2) is 11.7. The second-order valence-electron chi connectivity index (χ2n) is 12.5. The Morgan fingerprint density at radius 3 is 1.88 bits per heavy atom. The molecule has 3 aromatic heterocycles. The van der Waals surface area contributed by atoms with Gasteiger partial charge in [0.25, 0.3) is 0 Å². The van der Waals surface area contributed by atoms with Crippen LogP contribution in [0.3, 0.4) is 0 Å². The predicted octanol–water partition coefficient (Wildman–Crippen LogP) is 13.1. The van der Waals surface area contributed by atoms with E-state index in [0.29, 0.717) is 5.82 Å². The zero-order valence-electron chi connectivity index (χ0n) is 26.9. The first-order valence-corrected chi connectivity index (χ1v) is 17.6. The molecule has 0 aliphatic carbocycles. The molecule has 50 heavy (non-hydrogen) atoms. The average Bonchev–Trinajstić information content (AvgIpc) is 3.77. The van der Waals surface area contributed by atoms with Crippen molar-refractivity contribution < 1.29 is 4.42 Å². The molecule has 0 N–H and O–H groups in total. The molecule has 7 aromatic carbocycles. The average molecular weight is 657 g/mol. The highest BCUT2D eigenvalue weighted by molar-refractivity contribution is 7.26. The Morgan fingerprint density at radius 1 is 0.420 bits per heavy atom. The Hall–Kier alpha value is -6.36. The molecule has 3 nitrogen and oxygen atoms in total. The quantitative estimate of drug-likeness (QED) is 0.185. The Kier molecular flexibility index (Phi) is 6.68. The maximum absolute atomic E-state index is 6.79. The lowest BCUT2D eigenvalue weighted by Crippen LogP contribution is -1.98. The van der Waals surface area contributed by atoms with Crippen LogP contribution in [0.25, 0.3) is 98.3 Å². The number of rotatable bonds is 5. The second-order valence-corrected chi connectivity index (χ2v) is 13.5. The molecule has 0 amide bonds. The normalized spacial score (nSPS) is 11.6. The Balaban J connectivity index is 1.25. The monoisotopic (exact) mass is 656 g/mol. The molecule has 234 valence electrons. The van der Waals surface area contributed by atoms with Gasteiger partial charge in [-0.15, -0.1) is 11.3 Å². The number of hydrogen-bond acceptors (Lipinski definition) is 4. The van der Waals surface area contributed by atoms with E-state index in [9.17, 15) is 0 Å². The fourth-order valence-corrected chi connectivity index (χ4v) is 8.45. The first-order chi connectivity index (χ1) is 24.8. The molecule has 0 bridgehead atoms. The van der Waals surface area contributed by atoms with Crippen molar-refractivity contribution in [2.24, 2.45) is 0 Å². The molecular weight excluding hydrogens is 629 g/mol. The zero-order valence-corrected chi connectivity index (χ0v) is 27.7. The third-order valence-electron chi connectivity index (χ3n) is 9.54. The van der Waals surface area contributed by atoms with E-state index in [1.54, 1.807) is 0 Å². The molecule has 0 radical (unpaired) electrons. The fraction of sp³-hybridized carbons (Fsp3) is 0. The summed E-state index contributed by atoms with van der Waals surface area (Å²) in [4.78, 5) is 10.6. The summed E-state index contributed by atoms with van der Waals surface area (Å²) in [5, 5.41) is 4.66. The van der Waals surface area contributed by atoms with Crippen molar-refractivity contribution in [3.05, 3.63) is 170 Å². The van der Waals surface area contributed by atoms with Crippen molar-refractivity contribution in [1.29, 1.82) is 0 Å². The lowest BCUT2D eigenvalue weighted by molar-refractivity contribution is 0.670. The number of hydrogen-bond donors (Lipinski definition) is 0. The summed E-state index contributed by atoms with van der Waals surface area (Å²) < 4.78 is 9.33. The van der Waals surface area contributed by atoms with Crippen molar-refractivity contribution >= 4 is 53.4 Å². The summed E-state index contributed by atoms with van der Waals surface area (Å²) in [7, 11) is 0. The molecule has 0 atom stereocenters. The van der Waals surface area contributed by atoms with Gasteiger partial charge in [0.15, 0.2) is 5.82 Å². The van der Waals surface area contributed by atoms with Crippen LogP contribution in [0, 0.1) is 0 Å². The summed E-state index contributed by atoms with van der Waals surface area (Å²) in [6, 6.07) is 59.3. The Bertz CT molecular complexity index is 2870. The zero-order chi connectivity index (χ0) is 33.0. The molecule has 0 fully saturated rings. The van der Waals surface area contributed by atoms with Crippen LogP contribution in [0.1, 0.15) is 0 Å². The van der Waals surface area contributed by atoms with Crippen LogP contribution in [-0.4, -0.2) is 9.97 Å². The molecular formula is C46H28N2OS. The van der Waals surface area contributed by atoms with Crippen molar-refractivity contribution in [3.8, 4) is 56.2 Å². The van der Waals surface area contributed by atoms with Gasteiger partial charge in [0.2, 0.25) is 0 Å². The van der Waals surface area contributed by atoms with E-state index in [2.05, 4.69) is 152 Å². The van der Waals surface area contributed by atoms with Gasteiger partial charge in [-0.3, -0.25) is 0 Å². The lowest BCUT2D eigenvalue weighted by atomic mass is 9.95. The Labute approximate surface area is 292 Å². The van der Waals surface area contributed by atoms with Gasteiger partial charge in [-0.1, -0.05) is 146 Å². The van der Waals surface area contributed by atoms with E-state index in [-0.39, 0.29) is 0 Å². The highest BCUT2D eigenvalue weighted by atomic mass is 32.1. The smallest absolute Gasteiger partial charge is 0.161 e. The summed E-state index contributed by atoms with van der Waals surface area (Å²) in [6.45, 7) is 0. The number of nitrogens with zero attached hydrogens (tertiary/aromatic N) is 2. The maximum Gasteiger partial charge on any atom is 0.161 e. The first kappa shape index (κ1) is 28.6. The molecule has 0 aliphatic heterocycles. The molecule has 0 saturated heterocycles. The van der Waals surface area contributed by atoms with Crippen molar-refractivity contribution in [2.45, 2.75) is 0 Å². The van der Waals surface area contributed by atoms with E-state index in [1.807, 2.05) is 29.5 Å². The SMILES string of the molecule is c1ccc(-c2cc(-c3ccc(-c4cccc5c4sc4ccccc45)c4oc5ccccc5c34)nc(-c3ccccc3-c3ccccc3)n2)cc1. The Morgan fingerprint density at radius 2 is 1.04 bits per heavy atom. The van der Waals surface area contributed by atoms with Gasteiger partial charge in [0.05, 0.1) is 11.4 Å². The topological polar surface area (TPSA) is 38.9 Å². The first-order valence-electron chi connectivity index (χ1n) is 16.7. The van der Waals surface area contributed by atoms with Gasteiger partial charge in [-0.05, 0) is 35.4 Å². The van der Waals surface area contributed by atoms with Crippen molar-refractivity contribution in [2.75, 3.05) is 0 Å². The number of thiophene rings is 1. The third kappa shape index (κ3) is 4.65.